The summed E-state index contributed by atoms with van der Waals surface area (Å²) in [7, 11) is 0. The highest BCUT2D eigenvalue weighted by molar-refractivity contribution is 5.94. The van der Waals surface area contributed by atoms with Crippen LogP contribution in [0.4, 0.5) is 4.39 Å². The quantitative estimate of drug-likeness (QED) is 0.735. The molecule has 3 aromatic rings. The summed E-state index contributed by atoms with van der Waals surface area (Å²) in [5.74, 6) is 0.303. The number of aryl methyl sites for hydroxylation is 2. The average Bonchev–Trinajstić information content (AvgIpc) is 2.87. The van der Waals surface area contributed by atoms with E-state index in [0.29, 0.717) is 12.1 Å². The van der Waals surface area contributed by atoms with Crippen LogP contribution in [0.1, 0.15) is 22.6 Å². The molecule has 2 aromatic carbocycles. The first-order chi connectivity index (χ1) is 11.1. The number of carbonyl (C=O) groups excluding carboxylic acids is 1. The molecule has 0 saturated carbocycles. The van der Waals surface area contributed by atoms with Crippen molar-refractivity contribution in [2.24, 2.45) is 0 Å². The molecular formula is C18H18FN3O. The van der Waals surface area contributed by atoms with Gasteiger partial charge < -0.3 is 9.88 Å². The second-order valence-corrected chi connectivity index (χ2v) is 5.42. The molecular weight excluding hydrogens is 293 g/mol. The number of hydrogen-bond acceptors (Lipinski definition) is 2. The Labute approximate surface area is 134 Å². The Morgan fingerprint density at radius 2 is 2.04 bits per heavy atom. The van der Waals surface area contributed by atoms with E-state index in [4.69, 9.17) is 0 Å². The average molecular weight is 311 g/mol. The number of rotatable bonds is 5. The van der Waals surface area contributed by atoms with Gasteiger partial charge in [0.15, 0.2) is 0 Å². The number of nitrogens with one attached hydrogen (secondary N) is 1. The van der Waals surface area contributed by atoms with Gasteiger partial charge in [0.1, 0.15) is 11.6 Å². The highest BCUT2D eigenvalue weighted by Gasteiger charge is 2.08. The summed E-state index contributed by atoms with van der Waals surface area (Å²) in [6, 6.07) is 13.7. The fourth-order valence-electron chi connectivity index (χ4n) is 2.65. The summed E-state index contributed by atoms with van der Waals surface area (Å²) < 4.78 is 15.2. The first-order valence-electron chi connectivity index (χ1n) is 7.61. The van der Waals surface area contributed by atoms with Crippen molar-refractivity contribution in [2.75, 3.05) is 6.54 Å². The first-order valence-corrected chi connectivity index (χ1v) is 7.61. The van der Waals surface area contributed by atoms with Gasteiger partial charge in [-0.05, 0) is 43.7 Å². The summed E-state index contributed by atoms with van der Waals surface area (Å²) in [4.78, 5) is 16.5. The molecule has 0 radical (unpaired) electrons. The van der Waals surface area contributed by atoms with Crippen molar-refractivity contribution in [3.8, 4) is 0 Å². The number of amides is 1. The van der Waals surface area contributed by atoms with E-state index >= 15 is 0 Å². The van der Waals surface area contributed by atoms with Gasteiger partial charge in [0, 0.05) is 18.7 Å². The molecule has 1 aromatic heterocycles. The molecule has 0 aliphatic carbocycles. The Morgan fingerprint density at radius 1 is 1.22 bits per heavy atom. The SMILES string of the molecule is Cc1nc2ccccc2n1CCCNC(=O)c1cccc(F)c1. The summed E-state index contributed by atoms with van der Waals surface area (Å²) in [5.41, 5.74) is 2.42. The lowest BCUT2D eigenvalue weighted by Gasteiger charge is -2.08. The normalized spacial score (nSPS) is 10.9. The Morgan fingerprint density at radius 3 is 2.87 bits per heavy atom. The number of carbonyl (C=O) groups is 1. The summed E-state index contributed by atoms with van der Waals surface area (Å²) in [6.07, 6.45) is 0.780. The van der Waals surface area contributed by atoms with Crippen LogP contribution in [0.3, 0.4) is 0 Å². The van der Waals surface area contributed by atoms with Crippen LogP contribution in [-0.2, 0) is 6.54 Å². The number of fused-ring (bicyclic) bond motifs is 1. The molecule has 0 aliphatic heterocycles. The highest BCUT2D eigenvalue weighted by Crippen LogP contribution is 2.15. The van der Waals surface area contributed by atoms with Gasteiger partial charge in [0.05, 0.1) is 11.0 Å². The Hall–Kier alpha value is -2.69. The van der Waals surface area contributed by atoms with E-state index in [1.54, 1.807) is 6.07 Å². The van der Waals surface area contributed by atoms with Gasteiger partial charge in [-0.15, -0.1) is 0 Å². The molecule has 4 nitrogen and oxygen atoms in total. The Balaban J connectivity index is 1.57. The third-order valence-electron chi connectivity index (χ3n) is 3.78. The Bertz CT molecular complexity index is 841. The predicted molar refractivity (Wildman–Crippen MR) is 87.8 cm³/mol. The van der Waals surface area contributed by atoms with Crippen LogP contribution in [-0.4, -0.2) is 22.0 Å². The van der Waals surface area contributed by atoms with Crippen LogP contribution in [0.25, 0.3) is 11.0 Å². The maximum Gasteiger partial charge on any atom is 0.251 e. The van der Waals surface area contributed by atoms with E-state index in [1.165, 1.54) is 18.2 Å². The molecule has 0 fully saturated rings. The molecule has 0 atom stereocenters. The maximum atomic E-state index is 13.1. The van der Waals surface area contributed by atoms with Gasteiger partial charge >= 0.3 is 0 Å². The van der Waals surface area contributed by atoms with Crippen LogP contribution in [0.2, 0.25) is 0 Å². The summed E-state index contributed by atoms with van der Waals surface area (Å²) in [5, 5.41) is 2.82. The number of nitrogens with zero attached hydrogens (tertiary/aromatic N) is 2. The molecule has 1 N–H and O–H groups in total. The van der Waals surface area contributed by atoms with Gasteiger partial charge in [-0.1, -0.05) is 18.2 Å². The standard InChI is InChI=1S/C18H18FN3O/c1-13-21-16-8-2-3-9-17(16)22(13)11-5-10-20-18(23)14-6-4-7-15(19)12-14/h2-4,6-9,12H,5,10-11H2,1H3,(H,20,23). The van der Waals surface area contributed by atoms with Crippen molar-refractivity contribution in [1.29, 1.82) is 0 Å². The molecule has 5 heteroatoms. The van der Waals surface area contributed by atoms with E-state index in [1.807, 2.05) is 31.2 Å². The zero-order valence-electron chi connectivity index (χ0n) is 12.9. The minimum atomic E-state index is -0.404. The monoisotopic (exact) mass is 311 g/mol. The van der Waals surface area contributed by atoms with Gasteiger partial charge in [0.25, 0.3) is 5.91 Å². The highest BCUT2D eigenvalue weighted by atomic mass is 19.1. The molecule has 0 saturated heterocycles. The van der Waals surface area contributed by atoms with Crippen molar-refractivity contribution in [3.63, 3.8) is 0 Å². The smallest absolute Gasteiger partial charge is 0.251 e. The number of para-hydroxylation sites is 2. The predicted octanol–water partition coefficient (Wildman–Crippen LogP) is 3.30. The van der Waals surface area contributed by atoms with E-state index in [9.17, 15) is 9.18 Å². The second kappa shape index (κ2) is 6.60. The minimum Gasteiger partial charge on any atom is -0.352 e. The molecule has 1 amide bonds. The number of benzene rings is 2. The lowest BCUT2D eigenvalue weighted by Crippen LogP contribution is -2.25. The van der Waals surface area contributed by atoms with Crippen molar-refractivity contribution in [1.82, 2.24) is 14.9 Å². The van der Waals surface area contributed by atoms with E-state index in [-0.39, 0.29) is 5.91 Å². The zero-order chi connectivity index (χ0) is 16.2. The van der Waals surface area contributed by atoms with Crippen molar-refractivity contribution in [3.05, 3.63) is 65.7 Å². The van der Waals surface area contributed by atoms with Crippen molar-refractivity contribution < 1.29 is 9.18 Å². The molecule has 3 rings (SSSR count). The van der Waals surface area contributed by atoms with Gasteiger partial charge in [-0.2, -0.15) is 0 Å². The Kier molecular flexibility index (Phi) is 4.37. The van der Waals surface area contributed by atoms with Crippen LogP contribution < -0.4 is 5.32 Å². The number of hydrogen-bond donors (Lipinski definition) is 1. The van der Waals surface area contributed by atoms with Gasteiger partial charge in [-0.25, -0.2) is 9.37 Å². The summed E-state index contributed by atoms with van der Waals surface area (Å²) in [6.45, 7) is 3.28. The number of halogens is 1. The van der Waals surface area contributed by atoms with E-state index < -0.39 is 5.82 Å². The molecule has 0 bridgehead atoms. The van der Waals surface area contributed by atoms with Crippen LogP contribution in [0.15, 0.2) is 48.5 Å². The van der Waals surface area contributed by atoms with Crippen molar-refractivity contribution in [2.45, 2.75) is 19.9 Å². The lowest BCUT2D eigenvalue weighted by molar-refractivity contribution is 0.0952. The van der Waals surface area contributed by atoms with Crippen LogP contribution >= 0.6 is 0 Å². The second-order valence-electron chi connectivity index (χ2n) is 5.42. The molecule has 0 unspecified atom stereocenters. The molecule has 118 valence electrons. The first kappa shape index (κ1) is 15.2. The van der Waals surface area contributed by atoms with Crippen molar-refractivity contribution >= 4 is 16.9 Å². The van der Waals surface area contributed by atoms with Crippen LogP contribution in [0.5, 0.6) is 0 Å². The third-order valence-corrected chi connectivity index (χ3v) is 3.78. The molecule has 23 heavy (non-hydrogen) atoms. The number of aromatic nitrogens is 2. The molecule has 1 heterocycles. The fourth-order valence-corrected chi connectivity index (χ4v) is 2.65. The van der Waals surface area contributed by atoms with Gasteiger partial charge in [-0.3, -0.25) is 4.79 Å². The number of imidazole rings is 1. The lowest BCUT2D eigenvalue weighted by atomic mass is 10.2. The topological polar surface area (TPSA) is 46.9 Å². The maximum absolute atomic E-state index is 13.1. The molecule has 0 aliphatic rings. The molecule has 0 spiro atoms. The van der Waals surface area contributed by atoms with Gasteiger partial charge in [0.2, 0.25) is 0 Å². The third kappa shape index (κ3) is 3.39. The minimum absolute atomic E-state index is 0.253. The fraction of sp³-hybridized carbons (Fsp3) is 0.222. The summed E-state index contributed by atoms with van der Waals surface area (Å²) >= 11 is 0. The largest absolute Gasteiger partial charge is 0.352 e. The van der Waals surface area contributed by atoms with E-state index in [0.717, 1.165) is 29.8 Å². The van der Waals surface area contributed by atoms with E-state index in [2.05, 4.69) is 14.9 Å². The zero-order valence-corrected chi connectivity index (χ0v) is 12.9. The van der Waals surface area contributed by atoms with Crippen LogP contribution in [0, 0.1) is 12.7 Å².